The summed E-state index contributed by atoms with van der Waals surface area (Å²) in [6.07, 6.45) is 4.69. The first kappa shape index (κ1) is 15.4. The SMILES string of the molecule is CCCC(CN)(CC1CCOCC1)C(=O)OCC. The summed E-state index contributed by atoms with van der Waals surface area (Å²) in [7, 11) is 0. The maximum absolute atomic E-state index is 12.2. The predicted octanol–water partition coefficient (Wildman–Crippen LogP) is 2.11. The van der Waals surface area contributed by atoms with Crippen LogP contribution < -0.4 is 5.73 Å². The lowest BCUT2D eigenvalue weighted by Gasteiger charge is -2.34. The highest BCUT2D eigenvalue weighted by Crippen LogP contribution is 2.36. The van der Waals surface area contributed by atoms with Crippen LogP contribution in [0.15, 0.2) is 0 Å². The molecule has 0 amide bonds. The lowest BCUT2D eigenvalue weighted by Crippen LogP contribution is -2.42. The molecule has 2 N–H and O–H groups in total. The summed E-state index contributed by atoms with van der Waals surface area (Å²) < 4.78 is 10.6. The zero-order chi connectivity index (χ0) is 13.4. The van der Waals surface area contributed by atoms with Crippen LogP contribution in [-0.4, -0.2) is 32.3 Å². The van der Waals surface area contributed by atoms with Gasteiger partial charge in [0, 0.05) is 19.8 Å². The Kier molecular flexibility index (Phi) is 6.65. The van der Waals surface area contributed by atoms with E-state index >= 15 is 0 Å². The molecule has 0 radical (unpaired) electrons. The van der Waals surface area contributed by atoms with Gasteiger partial charge in [0.15, 0.2) is 0 Å². The number of carbonyl (C=O) groups excluding carboxylic acids is 1. The van der Waals surface area contributed by atoms with Gasteiger partial charge in [-0.1, -0.05) is 13.3 Å². The summed E-state index contributed by atoms with van der Waals surface area (Å²) >= 11 is 0. The Balaban J connectivity index is 2.70. The van der Waals surface area contributed by atoms with Crippen LogP contribution in [0.3, 0.4) is 0 Å². The summed E-state index contributed by atoms with van der Waals surface area (Å²) in [5.74, 6) is 0.430. The van der Waals surface area contributed by atoms with Crippen molar-refractivity contribution in [2.75, 3.05) is 26.4 Å². The quantitative estimate of drug-likeness (QED) is 0.710. The van der Waals surface area contributed by atoms with E-state index < -0.39 is 5.41 Å². The third kappa shape index (κ3) is 3.95. The fourth-order valence-electron chi connectivity index (χ4n) is 2.82. The van der Waals surface area contributed by atoms with E-state index in [4.69, 9.17) is 15.2 Å². The van der Waals surface area contributed by atoms with Crippen molar-refractivity contribution in [1.82, 2.24) is 0 Å². The van der Waals surface area contributed by atoms with E-state index in [9.17, 15) is 4.79 Å². The number of hydrogen-bond donors (Lipinski definition) is 1. The lowest BCUT2D eigenvalue weighted by atomic mass is 9.74. The minimum Gasteiger partial charge on any atom is -0.466 e. The predicted molar refractivity (Wildman–Crippen MR) is 71.2 cm³/mol. The highest BCUT2D eigenvalue weighted by Gasteiger charge is 2.40. The Morgan fingerprint density at radius 3 is 2.56 bits per heavy atom. The third-order valence-corrected chi connectivity index (χ3v) is 3.85. The van der Waals surface area contributed by atoms with Crippen LogP contribution in [0.5, 0.6) is 0 Å². The van der Waals surface area contributed by atoms with Crippen molar-refractivity contribution in [3.05, 3.63) is 0 Å². The average molecular weight is 257 g/mol. The van der Waals surface area contributed by atoms with Crippen LogP contribution in [0.25, 0.3) is 0 Å². The highest BCUT2D eigenvalue weighted by atomic mass is 16.5. The Bertz CT molecular complexity index is 251. The fraction of sp³-hybridized carbons (Fsp3) is 0.929. The molecule has 1 atom stereocenters. The molecule has 0 aromatic carbocycles. The molecule has 0 saturated carbocycles. The van der Waals surface area contributed by atoms with Gasteiger partial charge in [0.1, 0.15) is 0 Å². The number of carbonyl (C=O) groups is 1. The zero-order valence-corrected chi connectivity index (χ0v) is 11.7. The number of ether oxygens (including phenoxy) is 2. The molecule has 0 aromatic heterocycles. The molecule has 1 fully saturated rings. The van der Waals surface area contributed by atoms with Gasteiger partial charge in [0.05, 0.1) is 12.0 Å². The number of nitrogens with two attached hydrogens (primary N) is 1. The van der Waals surface area contributed by atoms with Crippen LogP contribution in [0, 0.1) is 11.3 Å². The second-order valence-corrected chi connectivity index (χ2v) is 5.21. The van der Waals surface area contributed by atoms with Crippen LogP contribution in [0.4, 0.5) is 0 Å². The number of hydrogen-bond acceptors (Lipinski definition) is 4. The fourth-order valence-corrected chi connectivity index (χ4v) is 2.82. The van der Waals surface area contributed by atoms with Gasteiger partial charge >= 0.3 is 5.97 Å². The van der Waals surface area contributed by atoms with Gasteiger partial charge in [-0.15, -0.1) is 0 Å². The van der Waals surface area contributed by atoms with E-state index in [2.05, 4.69) is 6.92 Å². The second-order valence-electron chi connectivity index (χ2n) is 5.21. The van der Waals surface area contributed by atoms with Gasteiger partial charge in [-0.05, 0) is 38.5 Å². The van der Waals surface area contributed by atoms with E-state index in [-0.39, 0.29) is 5.97 Å². The molecule has 1 heterocycles. The molecule has 0 bridgehead atoms. The normalized spacial score (nSPS) is 20.4. The molecule has 1 rings (SSSR count). The maximum Gasteiger partial charge on any atom is 0.313 e. The standard InChI is InChI=1S/C14H27NO3/c1-3-7-14(11-15,13(16)18-4-2)10-12-5-8-17-9-6-12/h12H,3-11,15H2,1-2H3. The summed E-state index contributed by atoms with van der Waals surface area (Å²) in [5.41, 5.74) is 5.43. The van der Waals surface area contributed by atoms with Gasteiger partial charge in [0.25, 0.3) is 0 Å². The Hall–Kier alpha value is -0.610. The van der Waals surface area contributed by atoms with Gasteiger partial charge < -0.3 is 15.2 Å². The molecule has 18 heavy (non-hydrogen) atoms. The third-order valence-electron chi connectivity index (χ3n) is 3.85. The molecule has 106 valence electrons. The van der Waals surface area contributed by atoms with Crippen molar-refractivity contribution in [2.24, 2.45) is 17.1 Å². The zero-order valence-electron chi connectivity index (χ0n) is 11.7. The molecule has 0 spiro atoms. The second kappa shape index (κ2) is 7.74. The van der Waals surface area contributed by atoms with Gasteiger partial charge in [-0.25, -0.2) is 0 Å². The van der Waals surface area contributed by atoms with Crippen LogP contribution in [0.2, 0.25) is 0 Å². The van der Waals surface area contributed by atoms with Crippen molar-refractivity contribution in [3.8, 4) is 0 Å². The first-order valence-electron chi connectivity index (χ1n) is 7.13. The number of rotatable bonds is 7. The molecule has 1 unspecified atom stereocenters. The molecule has 1 saturated heterocycles. The molecule has 0 aliphatic carbocycles. The molecule has 1 aliphatic heterocycles. The number of esters is 1. The van der Waals surface area contributed by atoms with Crippen molar-refractivity contribution < 1.29 is 14.3 Å². The van der Waals surface area contributed by atoms with Crippen molar-refractivity contribution in [2.45, 2.75) is 46.0 Å². The minimum absolute atomic E-state index is 0.110. The van der Waals surface area contributed by atoms with Gasteiger partial charge in [0.2, 0.25) is 0 Å². The minimum atomic E-state index is -0.479. The molecule has 4 heteroatoms. The average Bonchev–Trinajstić information content (AvgIpc) is 2.39. The molecule has 1 aliphatic rings. The first-order valence-corrected chi connectivity index (χ1v) is 7.13. The Morgan fingerprint density at radius 2 is 2.06 bits per heavy atom. The Labute approximate surface area is 110 Å². The largest absolute Gasteiger partial charge is 0.466 e. The maximum atomic E-state index is 12.2. The van der Waals surface area contributed by atoms with Gasteiger partial charge in [-0.3, -0.25) is 4.79 Å². The topological polar surface area (TPSA) is 61.5 Å². The monoisotopic (exact) mass is 257 g/mol. The van der Waals surface area contributed by atoms with Crippen LogP contribution in [-0.2, 0) is 14.3 Å². The summed E-state index contributed by atoms with van der Waals surface area (Å²) in [6.45, 7) is 6.36. The molecular weight excluding hydrogens is 230 g/mol. The smallest absolute Gasteiger partial charge is 0.313 e. The molecule has 0 aromatic rings. The summed E-state index contributed by atoms with van der Waals surface area (Å²) in [5, 5.41) is 0. The first-order chi connectivity index (χ1) is 8.68. The van der Waals surface area contributed by atoms with Crippen LogP contribution in [0.1, 0.15) is 46.0 Å². The summed E-state index contributed by atoms with van der Waals surface area (Å²) in [4.78, 5) is 12.2. The summed E-state index contributed by atoms with van der Waals surface area (Å²) in [6, 6.07) is 0. The lowest BCUT2D eigenvalue weighted by molar-refractivity contribution is -0.157. The molecular formula is C14H27NO3. The van der Waals surface area contributed by atoms with E-state index in [1.165, 1.54) is 0 Å². The van der Waals surface area contributed by atoms with E-state index in [0.29, 0.717) is 19.1 Å². The van der Waals surface area contributed by atoms with Crippen LogP contribution >= 0.6 is 0 Å². The highest BCUT2D eigenvalue weighted by molar-refractivity contribution is 5.77. The van der Waals surface area contributed by atoms with E-state index in [0.717, 1.165) is 45.3 Å². The molecule has 4 nitrogen and oxygen atoms in total. The van der Waals surface area contributed by atoms with Gasteiger partial charge in [-0.2, -0.15) is 0 Å². The van der Waals surface area contributed by atoms with Crippen molar-refractivity contribution >= 4 is 5.97 Å². The van der Waals surface area contributed by atoms with Crippen molar-refractivity contribution in [1.29, 1.82) is 0 Å². The van der Waals surface area contributed by atoms with E-state index in [1.54, 1.807) is 0 Å². The van der Waals surface area contributed by atoms with E-state index in [1.807, 2.05) is 6.92 Å². The Morgan fingerprint density at radius 1 is 1.39 bits per heavy atom. The van der Waals surface area contributed by atoms with Crippen molar-refractivity contribution in [3.63, 3.8) is 0 Å².